The third-order valence-corrected chi connectivity index (χ3v) is 24.9. The molecule has 0 N–H and O–H groups in total. The van der Waals surface area contributed by atoms with E-state index in [2.05, 4.69) is 416 Å². The molecule has 0 atom stereocenters. The van der Waals surface area contributed by atoms with Crippen LogP contribution in [0.4, 0.5) is 0 Å². The first-order valence-electron chi connectivity index (χ1n) is 41.6. The molecule has 24 rings (SSSR count). The summed E-state index contributed by atoms with van der Waals surface area (Å²) in [6.45, 7) is 8.59. The van der Waals surface area contributed by atoms with E-state index in [0.29, 0.717) is 0 Å². The summed E-state index contributed by atoms with van der Waals surface area (Å²) in [5.41, 5.74) is 35.8. The van der Waals surface area contributed by atoms with Crippen molar-refractivity contribution in [3.8, 4) is 169 Å². The lowest BCUT2D eigenvalue weighted by Crippen LogP contribution is -2.57. The van der Waals surface area contributed by atoms with Crippen molar-refractivity contribution in [2.45, 2.75) is 27.7 Å². The van der Waals surface area contributed by atoms with Crippen LogP contribution in [0.5, 0.6) is 69.0 Å². The van der Waals surface area contributed by atoms with E-state index >= 15 is 0 Å². The van der Waals surface area contributed by atoms with Gasteiger partial charge in [-0.2, -0.15) is 0 Å². The average molecular weight is 1550 g/mol. The molecule has 121 heavy (non-hydrogen) atoms. The van der Waals surface area contributed by atoms with Crippen molar-refractivity contribution in [1.82, 2.24) is 0 Å². The molecule has 0 saturated heterocycles. The van der Waals surface area contributed by atoms with Crippen molar-refractivity contribution in [3.63, 3.8) is 0 Å². The van der Waals surface area contributed by atoms with Crippen LogP contribution in [0.25, 0.3) is 100 Å². The molecule has 570 valence electrons. The predicted molar refractivity (Wildman–Crippen MR) is 500 cm³/mol. The van der Waals surface area contributed by atoms with Crippen LogP contribution in [0, 0.1) is 27.7 Å². The van der Waals surface area contributed by atoms with Gasteiger partial charge in [0.2, 0.25) is 0 Å². The van der Waals surface area contributed by atoms with Crippen LogP contribution in [-0.4, -0.2) is 20.1 Å². The topological polar surface area (TPSA) is 55.4 Å². The lowest BCUT2D eigenvalue weighted by molar-refractivity contribution is 0.466. The third-order valence-electron chi connectivity index (χ3n) is 24.9. The first-order valence-corrected chi connectivity index (χ1v) is 41.6. The molecule has 6 nitrogen and oxygen atoms in total. The summed E-state index contributed by atoms with van der Waals surface area (Å²) < 4.78 is 40.8. The Kier molecular flexibility index (Phi) is 18.0. The number of aryl methyl sites for hydroxylation is 4. The molecule has 0 saturated carbocycles. The molecule has 0 radical (unpaired) electrons. The maximum absolute atomic E-state index is 7.02. The van der Waals surface area contributed by atoms with Gasteiger partial charge in [0.15, 0.2) is 0 Å². The molecule has 18 aromatic rings. The second-order valence-corrected chi connectivity index (χ2v) is 32.0. The Morgan fingerprint density at radius 2 is 0.397 bits per heavy atom. The van der Waals surface area contributed by atoms with E-state index < -0.39 is 0 Å². The highest BCUT2D eigenvalue weighted by Gasteiger charge is 2.46. The predicted octanol–water partition coefficient (Wildman–Crippen LogP) is 23.5. The Balaban J connectivity index is 0.000000109. The lowest BCUT2D eigenvalue weighted by atomic mass is 9.34. The zero-order valence-corrected chi connectivity index (χ0v) is 67.2. The van der Waals surface area contributed by atoms with Crippen molar-refractivity contribution in [2.75, 3.05) is 0 Å². The SMILES string of the molecule is Cc1ccccc1-c1ccc2c(c1)B1c3cccc(-c4ccccc4C)c3Oc3c(-c4ccccc4)ccc(c31)O2.Cc1ccccc1-c1ccc2c3c1Oc1c(cccc1-c1ccccc1)B3c1cc(-c3ccccc3)ccc1O2.Cc1ccccc1-c1cccc2c1Oc1c(-c3ccccc3)ccc3c1B2c1cc(-c2ccccc2)ccc1O3. The second-order valence-electron chi connectivity index (χ2n) is 32.0. The smallest absolute Gasteiger partial charge is 0.260 e. The maximum atomic E-state index is 7.02. The Labute approximate surface area is 706 Å². The van der Waals surface area contributed by atoms with Gasteiger partial charge in [0.05, 0.1) is 0 Å². The summed E-state index contributed by atoms with van der Waals surface area (Å²) >= 11 is 0. The molecule has 0 aliphatic carbocycles. The van der Waals surface area contributed by atoms with E-state index in [9.17, 15) is 0 Å². The molecule has 0 spiro atoms. The van der Waals surface area contributed by atoms with Gasteiger partial charge in [-0.3, -0.25) is 0 Å². The largest absolute Gasteiger partial charge is 0.458 e. The fraction of sp³-hybridized carbons (Fsp3) is 0.0357. The van der Waals surface area contributed by atoms with Crippen LogP contribution in [0.2, 0.25) is 0 Å². The molecular formula is C112H77B3O6. The van der Waals surface area contributed by atoms with Crippen LogP contribution in [0.1, 0.15) is 22.3 Å². The van der Waals surface area contributed by atoms with Gasteiger partial charge in [-0.1, -0.05) is 340 Å². The van der Waals surface area contributed by atoms with Crippen LogP contribution < -0.4 is 77.6 Å². The van der Waals surface area contributed by atoms with Crippen molar-refractivity contribution in [3.05, 3.63) is 417 Å². The lowest BCUT2D eigenvalue weighted by Gasteiger charge is -2.35. The molecule has 0 amide bonds. The minimum atomic E-state index is -0.0240. The molecule has 6 aliphatic rings. The van der Waals surface area contributed by atoms with E-state index in [1.807, 2.05) is 6.07 Å². The van der Waals surface area contributed by atoms with Gasteiger partial charge >= 0.3 is 0 Å². The van der Waals surface area contributed by atoms with E-state index in [1.54, 1.807) is 0 Å². The zero-order chi connectivity index (χ0) is 80.8. The monoisotopic (exact) mass is 1550 g/mol. The second kappa shape index (κ2) is 30.2. The first kappa shape index (κ1) is 72.4. The molecule has 0 aromatic heterocycles. The Morgan fingerprint density at radius 3 is 0.752 bits per heavy atom. The molecule has 0 fully saturated rings. The maximum Gasteiger partial charge on any atom is 0.260 e. The van der Waals surface area contributed by atoms with Gasteiger partial charge in [0, 0.05) is 49.8 Å². The minimum absolute atomic E-state index is 0.0196. The summed E-state index contributed by atoms with van der Waals surface area (Å²) in [5.74, 6) is 10.6. The first-order chi connectivity index (χ1) is 59.7. The minimum Gasteiger partial charge on any atom is -0.458 e. The van der Waals surface area contributed by atoms with E-state index in [0.717, 1.165) is 168 Å². The van der Waals surface area contributed by atoms with E-state index in [4.69, 9.17) is 28.4 Å². The number of para-hydroxylation sites is 3. The fourth-order valence-electron chi connectivity index (χ4n) is 19.0. The van der Waals surface area contributed by atoms with Crippen molar-refractivity contribution in [1.29, 1.82) is 0 Å². The number of rotatable bonds is 9. The van der Waals surface area contributed by atoms with Gasteiger partial charge in [-0.05, 0) is 204 Å². The highest BCUT2D eigenvalue weighted by Crippen LogP contribution is 2.50. The zero-order valence-electron chi connectivity index (χ0n) is 67.2. The van der Waals surface area contributed by atoms with Gasteiger partial charge < -0.3 is 28.4 Å². The quantitative estimate of drug-likeness (QED) is 0.134. The number of hydrogen-bond donors (Lipinski definition) is 0. The normalized spacial score (nSPS) is 12.5. The van der Waals surface area contributed by atoms with Crippen LogP contribution in [0.15, 0.2) is 394 Å². The Hall–Kier alpha value is -15.0. The molecule has 6 aliphatic heterocycles. The van der Waals surface area contributed by atoms with Gasteiger partial charge in [-0.15, -0.1) is 0 Å². The van der Waals surface area contributed by atoms with Gasteiger partial charge in [0.25, 0.3) is 20.1 Å². The van der Waals surface area contributed by atoms with E-state index in [-0.39, 0.29) is 20.1 Å². The number of fused-ring (bicyclic) bond motifs is 12. The highest BCUT2D eigenvalue weighted by molar-refractivity contribution is 7.00. The molecular weight excluding hydrogens is 1470 g/mol. The number of ether oxygens (including phenoxy) is 6. The Morgan fingerprint density at radius 1 is 0.149 bits per heavy atom. The van der Waals surface area contributed by atoms with Crippen molar-refractivity contribution in [2.24, 2.45) is 0 Å². The van der Waals surface area contributed by atoms with E-state index in [1.165, 1.54) is 72.3 Å². The van der Waals surface area contributed by atoms with Gasteiger partial charge in [-0.25, -0.2) is 0 Å². The van der Waals surface area contributed by atoms with Crippen molar-refractivity contribution >= 4 is 69.3 Å². The summed E-state index contributed by atoms with van der Waals surface area (Å²) in [6.07, 6.45) is 0. The highest BCUT2D eigenvalue weighted by atomic mass is 16.5. The van der Waals surface area contributed by atoms with Crippen molar-refractivity contribution < 1.29 is 28.4 Å². The van der Waals surface area contributed by atoms with Crippen LogP contribution in [0.3, 0.4) is 0 Å². The molecule has 9 heteroatoms. The van der Waals surface area contributed by atoms with Gasteiger partial charge in [0.1, 0.15) is 69.0 Å². The summed E-state index contributed by atoms with van der Waals surface area (Å²) in [4.78, 5) is 0. The van der Waals surface area contributed by atoms with Crippen LogP contribution in [-0.2, 0) is 0 Å². The molecule has 6 heterocycles. The fourth-order valence-corrected chi connectivity index (χ4v) is 19.0. The molecule has 18 aromatic carbocycles. The Bertz CT molecular complexity index is 7070. The summed E-state index contributed by atoms with van der Waals surface area (Å²) in [5, 5.41) is 0. The average Bonchev–Trinajstić information content (AvgIpc) is 0.721. The van der Waals surface area contributed by atoms with Crippen LogP contribution >= 0.6 is 0 Å². The summed E-state index contributed by atoms with van der Waals surface area (Å²) in [7, 11) is 0. The number of hydrogen-bond acceptors (Lipinski definition) is 6. The standard InChI is InChI=1S/C38H27BO2.2C37H25BO2/c1-24-11-6-8-15-28(24)27-19-21-34-33(23-27)39-32-18-10-17-31(29-16-9-7-12-25(29)2)37(32)41-38-30(26-13-4-3-5-14-26)20-22-35(40-34)36(38)39;1-24-11-8-9-16-28(24)30-17-10-18-31-36(30)40-37-29(26-14-6-3-7-15-26)20-22-34-35(37)38(31)32-23-27(19-21-33(32)39-34)25-12-4-2-5-13-25;1-24-11-8-9-16-28(24)30-20-22-34-35-37(30)40-36-29(26-14-6-3-7-15-26)17-10-18-31(36)38(35)32-23-27(19-21-33(32)39-34)25-12-4-2-5-13-25/h3-23H,1-2H3;2*2-23H,1H3. The number of benzene rings is 18. The third kappa shape index (κ3) is 12.6. The molecule has 0 unspecified atom stereocenters. The molecule has 0 bridgehead atoms. The summed E-state index contributed by atoms with van der Waals surface area (Å²) in [6, 6.07) is 139.